The average Bonchev–Trinajstić information content (AvgIpc) is 2.39. The summed E-state index contributed by atoms with van der Waals surface area (Å²) in [7, 11) is 4.96. The molecule has 2 rings (SSSR count). The molecule has 1 saturated heterocycles. The van der Waals surface area contributed by atoms with Crippen LogP contribution in [0.15, 0.2) is 23.1 Å². The van der Waals surface area contributed by atoms with Gasteiger partial charge in [0.25, 0.3) is 0 Å². The highest BCUT2D eigenvalue weighted by Crippen LogP contribution is 2.56. The van der Waals surface area contributed by atoms with Crippen LogP contribution < -0.4 is 0 Å². The zero-order valence-corrected chi connectivity index (χ0v) is 6.33. The Labute approximate surface area is 62.8 Å². The lowest BCUT2D eigenvalue weighted by Gasteiger charge is -1.92. The van der Waals surface area contributed by atoms with Crippen LogP contribution in [-0.4, -0.2) is 5.25 Å². The predicted octanol–water partition coefficient (Wildman–Crippen LogP) is 2.85. The third-order valence-corrected chi connectivity index (χ3v) is 5.22. The monoisotopic (exact) mass is 162 g/mol. The van der Waals surface area contributed by atoms with Crippen molar-refractivity contribution in [2.75, 3.05) is 0 Å². The van der Waals surface area contributed by atoms with E-state index >= 15 is 0 Å². The van der Waals surface area contributed by atoms with E-state index in [-0.39, 0.29) is 5.25 Å². The standard InChI is InChI=1S/C5H4S3/c1-2-4-5(3-1)7-8-6-4/h1-4H/i2D,3D. The third-order valence-electron chi connectivity index (χ3n) is 0.947. The molecule has 0 amide bonds. The molecule has 1 fully saturated rings. The minimum Gasteiger partial charge on any atom is -0.0691 e. The van der Waals surface area contributed by atoms with Gasteiger partial charge in [0.05, 0.1) is 7.99 Å². The van der Waals surface area contributed by atoms with Crippen LogP contribution in [0, 0.1) is 0 Å². The van der Waals surface area contributed by atoms with Gasteiger partial charge in [0, 0.05) is 4.91 Å². The van der Waals surface area contributed by atoms with Crippen molar-refractivity contribution in [3.8, 4) is 0 Å². The first-order valence-corrected chi connectivity index (χ1v) is 5.72. The fraction of sp³-hybridized carbons (Fsp3) is 0.200. The van der Waals surface area contributed by atoms with E-state index < -0.39 is 0 Å². The van der Waals surface area contributed by atoms with Crippen LogP contribution in [0.5, 0.6) is 0 Å². The van der Waals surface area contributed by atoms with E-state index in [4.69, 9.17) is 2.74 Å². The van der Waals surface area contributed by atoms with Gasteiger partial charge in [-0.25, -0.2) is 0 Å². The summed E-state index contributed by atoms with van der Waals surface area (Å²) in [6.07, 6.45) is 1.64. The highest BCUT2D eigenvalue weighted by molar-refractivity contribution is 9.11. The molecule has 0 saturated carbocycles. The number of rotatable bonds is 0. The molecule has 8 heavy (non-hydrogen) atoms. The minimum atomic E-state index is 0.183. The summed E-state index contributed by atoms with van der Waals surface area (Å²) < 4.78 is 14.9. The summed E-state index contributed by atoms with van der Waals surface area (Å²) in [5.41, 5.74) is 0. The first-order chi connectivity index (χ1) is 4.79. The molecule has 3 heteroatoms. The maximum Gasteiger partial charge on any atom is 0.0660 e. The lowest BCUT2D eigenvalue weighted by molar-refractivity contribution is 1.46. The SMILES string of the molecule is [2H]C1=CC([2H])=C2SSSC12. The van der Waals surface area contributed by atoms with Crippen molar-refractivity contribution in [2.45, 2.75) is 5.25 Å². The Bertz CT molecular complexity index is 233. The summed E-state index contributed by atoms with van der Waals surface area (Å²) in [6.45, 7) is 0. The van der Waals surface area contributed by atoms with Crippen LogP contribution in [0.4, 0.5) is 0 Å². The van der Waals surface area contributed by atoms with E-state index in [9.17, 15) is 0 Å². The van der Waals surface area contributed by atoms with Crippen LogP contribution in [0.25, 0.3) is 0 Å². The summed E-state index contributed by atoms with van der Waals surface area (Å²) in [5, 5.41) is 0.183. The second kappa shape index (κ2) is 2.05. The van der Waals surface area contributed by atoms with E-state index in [0.717, 1.165) is 4.91 Å². The Kier molecular flexibility index (Phi) is 0.930. The smallest absolute Gasteiger partial charge is 0.0660 e. The third kappa shape index (κ3) is 0.731. The number of hydrogen-bond donors (Lipinski definition) is 0. The lowest BCUT2D eigenvalue weighted by Crippen LogP contribution is -1.85. The molecule has 0 spiro atoms. The van der Waals surface area contributed by atoms with Crippen molar-refractivity contribution < 1.29 is 2.74 Å². The van der Waals surface area contributed by atoms with Crippen LogP contribution >= 0.6 is 31.4 Å². The predicted molar refractivity (Wildman–Crippen MR) is 43.8 cm³/mol. The van der Waals surface area contributed by atoms with Gasteiger partial charge in [-0.1, -0.05) is 29.0 Å². The van der Waals surface area contributed by atoms with Gasteiger partial charge in [0.1, 0.15) is 0 Å². The fourth-order valence-corrected chi connectivity index (χ4v) is 5.14. The van der Waals surface area contributed by atoms with Crippen LogP contribution in [-0.2, 0) is 0 Å². The molecular formula is C5H4S3. The largest absolute Gasteiger partial charge is 0.0691 e. The molecule has 0 radical (unpaired) electrons. The average molecular weight is 162 g/mol. The molecule has 0 N–H and O–H groups in total. The topological polar surface area (TPSA) is 0 Å². The van der Waals surface area contributed by atoms with E-state index in [1.54, 1.807) is 37.5 Å². The molecule has 0 aromatic rings. The summed E-state index contributed by atoms with van der Waals surface area (Å²) in [6, 6.07) is 1.12. The second-order valence-corrected chi connectivity index (χ2v) is 5.56. The van der Waals surface area contributed by atoms with Gasteiger partial charge >= 0.3 is 0 Å². The van der Waals surface area contributed by atoms with Crippen LogP contribution in [0.3, 0.4) is 0 Å². The molecule has 1 heterocycles. The Morgan fingerprint density at radius 1 is 1.75 bits per heavy atom. The van der Waals surface area contributed by atoms with Crippen molar-refractivity contribution >= 4 is 31.4 Å². The normalized spacial score (nSPS) is 39.0. The van der Waals surface area contributed by atoms with Gasteiger partial charge in [-0.2, -0.15) is 0 Å². The first-order valence-electron chi connectivity index (χ1n) is 3.18. The summed E-state index contributed by atoms with van der Waals surface area (Å²) in [4.78, 5) is 1.06. The maximum atomic E-state index is 7.44. The van der Waals surface area contributed by atoms with Crippen molar-refractivity contribution in [1.82, 2.24) is 0 Å². The van der Waals surface area contributed by atoms with Crippen molar-refractivity contribution in [3.05, 3.63) is 23.1 Å². The molecule has 1 aliphatic carbocycles. The Balaban J connectivity index is 2.37. The molecule has 0 aromatic heterocycles. The molecule has 0 aromatic carbocycles. The number of fused-ring (bicyclic) bond motifs is 1. The number of hydrogen-bond acceptors (Lipinski definition) is 3. The van der Waals surface area contributed by atoms with Crippen molar-refractivity contribution in [1.29, 1.82) is 0 Å². The van der Waals surface area contributed by atoms with Gasteiger partial charge in [-0.3, -0.25) is 0 Å². The lowest BCUT2D eigenvalue weighted by atomic mass is 10.5. The first kappa shape index (κ1) is 3.64. The Morgan fingerprint density at radius 3 is 3.62 bits per heavy atom. The van der Waals surface area contributed by atoms with Gasteiger partial charge in [0.2, 0.25) is 0 Å². The molecule has 0 nitrogen and oxygen atoms in total. The minimum absolute atomic E-state index is 0.183. The molecule has 0 bridgehead atoms. The molecule has 2 aliphatic rings. The van der Waals surface area contributed by atoms with Gasteiger partial charge < -0.3 is 0 Å². The Hall–Kier alpha value is 0.530. The van der Waals surface area contributed by atoms with E-state index in [0.29, 0.717) is 12.1 Å². The molecule has 1 atom stereocenters. The molecule has 42 valence electrons. The highest BCUT2D eigenvalue weighted by atomic mass is 33.5. The van der Waals surface area contributed by atoms with Gasteiger partial charge in [-0.15, -0.1) is 0 Å². The Morgan fingerprint density at radius 2 is 2.75 bits per heavy atom. The quantitative estimate of drug-likeness (QED) is 0.503. The van der Waals surface area contributed by atoms with Crippen LogP contribution in [0.2, 0.25) is 0 Å². The van der Waals surface area contributed by atoms with E-state index in [2.05, 4.69) is 0 Å². The van der Waals surface area contributed by atoms with E-state index in [1.807, 2.05) is 0 Å². The zero-order valence-electron chi connectivity index (χ0n) is 5.88. The summed E-state index contributed by atoms with van der Waals surface area (Å²) in [5.74, 6) is 0. The van der Waals surface area contributed by atoms with Crippen molar-refractivity contribution in [2.24, 2.45) is 0 Å². The maximum absolute atomic E-state index is 7.44. The molecular weight excluding hydrogens is 156 g/mol. The zero-order chi connectivity index (χ0) is 7.14. The fourth-order valence-electron chi connectivity index (χ4n) is 0.575. The highest BCUT2D eigenvalue weighted by Gasteiger charge is 2.22. The second-order valence-electron chi connectivity index (χ2n) is 1.45. The molecule has 1 unspecified atom stereocenters. The van der Waals surface area contributed by atoms with Crippen molar-refractivity contribution in [3.63, 3.8) is 0 Å². The molecule has 1 aliphatic heterocycles. The summed E-state index contributed by atoms with van der Waals surface area (Å²) >= 11 is 0. The van der Waals surface area contributed by atoms with Gasteiger partial charge in [-0.05, 0) is 20.6 Å². The number of allylic oxidation sites excluding steroid dienone is 2. The van der Waals surface area contributed by atoms with Crippen LogP contribution in [0.1, 0.15) is 2.74 Å². The van der Waals surface area contributed by atoms with Gasteiger partial charge in [0.15, 0.2) is 0 Å². The van der Waals surface area contributed by atoms with E-state index in [1.165, 1.54) is 0 Å².